The van der Waals surface area contributed by atoms with E-state index in [1.807, 2.05) is 12.1 Å². The molecule has 0 saturated carbocycles. The molecule has 1 heterocycles. The number of likely N-dealkylation sites (tertiary alicyclic amines) is 1. The van der Waals surface area contributed by atoms with Crippen LogP contribution in [-0.2, 0) is 22.4 Å². The Morgan fingerprint density at radius 2 is 1.95 bits per heavy atom. The first kappa shape index (κ1) is 14.9. The Bertz CT molecular complexity index is 585. The van der Waals surface area contributed by atoms with Gasteiger partial charge in [-0.15, -0.1) is 0 Å². The second kappa shape index (κ2) is 6.38. The van der Waals surface area contributed by atoms with Gasteiger partial charge in [-0.3, -0.25) is 9.59 Å². The highest BCUT2D eigenvalue weighted by Crippen LogP contribution is 2.25. The monoisotopic (exact) mass is 302 g/mol. The third-order valence-corrected chi connectivity index (χ3v) is 4.58. The highest BCUT2D eigenvalue weighted by molar-refractivity contribution is 5.87. The topological polar surface area (TPSA) is 72.6 Å². The van der Waals surface area contributed by atoms with Crippen molar-refractivity contribution >= 4 is 11.8 Å². The van der Waals surface area contributed by atoms with Crippen molar-refractivity contribution in [3.05, 3.63) is 29.3 Å². The van der Waals surface area contributed by atoms with Gasteiger partial charge in [-0.25, -0.2) is 0 Å². The number of amides is 2. The zero-order valence-corrected chi connectivity index (χ0v) is 12.7. The lowest BCUT2D eigenvalue weighted by Gasteiger charge is -2.22. The van der Waals surface area contributed by atoms with Crippen molar-refractivity contribution in [2.75, 3.05) is 13.2 Å². The predicted octanol–water partition coefficient (Wildman–Crippen LogP) is 1.42. The number of carbonyl (C=O) groups is 2. The van der Waals surface area contributed by atoms with Crippen LogP contribution in [0.2, 0.25) is 0 Å². The molecule has 0 spiro atoms. The molecule has 0 bridgehead atoms. The number of benzene rings is 1. The highest BCUT2D eigenvalue weighted by Gasteiger charge is 2.32. The van der Waals surface area contributed by atoms with E-state index < -0.39 is 11.9 Å². The second-order valence-electron chi connectivity index (χ2n) is 6.07. The van der Waals surface area contributed by atoms with Crippen molar-refractivity contribution in [2.24, 2.45) is 5.73 Å². The van der Waals surface area contributed by atoms with Crippen molar-refractivity contribution in [3.8, 4) is 5.75 Å². The normalized spacial score (nSPS) is 20.5. The summed E-state index contributed by atoms with van der Waals surface area (Å²) in [6.07, 6.45) is 6.13. The predicted molar refractivity (Wildman–Crippen MR) is 82.5 cm³/mol. The van der Waals surface area contributed by atoms with Gasteiger partial charge in [-0.2, -0.15) is 0 Å². The van der Waals surface area contributed by atoms with Gasteiger partial charge >= 0.3 is 0 Å². The van der Waals surface area contributed by atoms with E-state index in [0.717, 1.165) is 25.0 Å². The second-order valence-corrected chi connectivity index (χ2v) is 6.07. The van der Waals surface area contributed by atoms with Crippen molar-refractivity contribution in [1.82, 2.24) is 4.90 Å². The quantitative estimate of drug-likeness (QED) is 0.914. The third kappa shape index (κ3) is 3.08. The van der Waals surface area contributed by atoms with Gasteiger partial charge < -0.3 is 15.4 Å². The number of nitrogens with two attached hydrogens (primary N) is 1. The molecule has 0 radical (unpaired) electrons. The Morgan fingerprint density at radius 3 is 2.73 bits per heavy atom. The highest BCUT2D eigenvalue weighted by atomic mass is 16.5. The molecule has 1 unspecified atom stereocenters. The maximum absolute atomic E-state index is 12.2. The number of hydrogen-bond acceptors (Lipinski definition) is 3. The molecule has 1 fully saturated rings. The summed E-state index contributed by atoms with van der Waals surface area (Å²) in [6.45, 7) is 0.544. The smallest absolute Gasteiger partial charge is 0.261 e. The summed E-state index contributed by atoms with van der Waals surface area (Å²) in [5.74, 6) is 0.127. The summed E-state index contributed by atoms with van der Waals surface area (Å²) in [7, 11) is 0. The van der Waals surface area contributed by atoms with Crippen LogP contribution in [0.1, 0.15) is 36.8 Å². The molecule has 5 heteroatoms. The van der Waals surface area contributed by atoms with Gasteiger partial charge in [0.2, 0.25) is 5.91 Å². The summed E-state index contributed by atoms with van der Waals surface area (Å²) in [4.78, 5) is 25.1. The van der Waals surface area contributed by atoms with Gasteiger partial charge in [-0.1, -0.05) is 6.07 Å². The lowest BCUT2D eigenvalue weighted by Crippen LogP contribution is -2.45. The minimum atomic E-state index is -0.473. The number of ether oxygens (including phenoxy) is 1. The SMILES string of the molecule is NC(=O)C1CCCN1C(=O)COc1ccc2c(c1)CCCC2. The largest absolute Gasteiger partial charge is 0.484 e. The Morgan fingerprint density at radius 1 is 1.18 bits per heavy atom. The van der Waals surface area contributed by atoms with Crippen LogP contribution in [0.15, 0.2) is 18.2 Å². The zero-order valence-electron chi connectivity index (χ0n) is 12.7. The number of primary amides is 1. The maximum Gasteiger partial charge on any atom is 0.261 e. The first-order valence-corrected chi connectivity index (χ1v) is 7.98. The number of aryl methyl sites for hydroxylation is 2. The van der Waals surface area contributed by atoms with E-state index in [9.17, 15) is 9.59 Å². The molecule has 22 heavy (non-hydrogen) atoms. The minimum absolute atomic E-state index is 0.0391. The van der Waals surface area contributed by atoms with Crippen LogP contribution in [0, 0.1) is 0 Å². The fraction of sp³-hybridized carbons (Fsp3) is 0.529. The standard InChI is InChI=1S/C17H22N2O3/c18-17(21)15-6-3-9-19(15)16(20)11-22-14-8-7-12-4-1-2-5-13(12)10-14/h7-8,10,15H,1-6,9,11H2,(H2,18,21). The molecule has 2 aliphatic rings. The molecule has 1 aliphatic carbocycles. The van der Waals surface area contributed by atoms with Gasteiger partial charge in [0.05, 0.1) is 0 Å². The zero-order chi connectivity index (χ0) is 15.5. The molecule has 1 aromatic rings. The first-order chi connectivity index (χ1) is 10.6. The summed E-state index contributed by atoms with van der Waals surface area (Å²) >= 11 is 0. The van der Waals surface area contributed by atoms with Crippen LogP contribution in [0.3, 0.4) is 0 Å². The average Bonchev–Trinajstić information content (AvgIpc) is 3.02. The Kier molecular flexibility index (Phi) is 4.32. The van der Waals surface area contributed by atoms with Crippen molar-refractivity contribution < 1.29 is 14.3 Å². The minimum Gasteiger partial charge on any atom is -0.484 e. The molecule has 1 aliphatic heterocycles. The van der Waals surface area contributed by atoms with Crippen LogP contribution in [0.5, 0.6) is 5.75 Å². The molecule has 1 aromatic carbocycles. The number of hydrogen-bond donors (Lipinski definition) is 1. The van der Waals surface area contributed by atoms with Crippen LogP contribution < -0.4 is 10.5 Å². The van der Waals surface area contributed by atoms with Crippen molar-refractivity contribution in [3.63, 3.8) is 0 Å². The van der Waals surface area contributed by atoms with Gasteiger partial charge in [0, 0.05) is 6.54 Å². The molecular formula is C17H22N2O3. The average molecular weight is 302 g/mol. The van der Waals surface area contributed by atoms with Crippen LogP contribution in [-0.4, -0.2) is 35.9 Å². The van der Waals surface area contributed by atoms with Crippen molar-refractivity contribution in [1.29, 1.82) is 0 Å². The number of rotatable bonds is 4. The molecule has 118 valence electrons. The number of fused-ring (bicyclic) bond motifs is 1. The molecule has 1 saturated heterocycles. The molecule has 2 amide bonds. The third-order valence-electron chi connectivity index (χ3n) is 4.58. The first-order valence-electron chi connectivity index (χ1n) is 7.98. The van der Waals surface area contributed by atoms with Crippen LogP contribution in [0.25, 0.3) is 0 Å². The molecule has 3 rings (SSSR count). The fourth-order valence-electron chi connectivity index (χ4n) is 3.39. The van der Waals surface area contributed by atoms with E-state index in [0.29, 0.717) is 13.0 Å². The van der Waals surface area contributed by atoms with E-state index in [-0.39, 0.29) is 12.5 Å². The molecule has 5 nitrogen and oxygen atoms in total. The van der Waals surface area contributed by atoms with E-state index in [1.165, 1.54) is 24.0 Å². The maximum atomic E-state index is 12.2. The Labute approximate surface area is 130 Å². The summed E-state index contributed by atoms with van der Waals surface area (Å²) in [5, 5.41) is 0. The summed E-state index contributed by atoms with van der Waals surface area (Å²) < 4.78 is 5.63. The van der Waals surface area contributed by atoms with Crippen LogP contribution in [0.4, 0.5) is 0 Å². The lowest BCUT2D eigenvalue weighted by atomic mass is 9.92. The Hall–Kier alpha value is -2.04. The van der Waals surface area contributed by atoms with E-state index in [4.69, 9.17) is 10.5 Å². The molecular weight excluding hydrogens is 280 g/mol. The van der Waals surface area contributed by atoms with E-state index in [1.54, 1.807) is 4.90 Å². The van der Waals surface area contributed by atoms with Crippen molar-refractivity contribution in [2.45, 2.75) is 44.6 Å². The fourth-order valence-corrected chi connectivity index (χ4v) is 3.39. The summed E-state index contributed by atoms with van der Waals surface area (Å²) in [5.41, 5.74) is 8.05. The lowest BCUT2D eigenvalue weighted by molar-refractivity contribution is -0.138. The number of carbonyl (C=O) groups excluding carboxylic acids is 2. The molecule has 2 N–H and O–H groups in total. The molecule has 0 aromatic heterocycles. The van der Waals surface area contributed by atoms with Gasteiger partial charge in [-0.05, 0) is 61.8 Å². The van der Waals surface area contributed by atoms with Gasteiger partial charge in [0.15, 0.2) is 6.61 Å². The van der Waals surface area contributed by atoms with E-state index >= 15 is 0 Å². The van der Waals surface area contributed by atoms with Crippen LogP contribution >= 0.6 is 0 Å². The van der Waals surface area contributed by atoms with Gasteiger partial charge in [0.25, 0.3) is 5.91 Å². The Balaban J connectivity index is 1.60. The van der Waals surface area contributed by atoms with Gasteiger partial charge in [0.1, 0.15) is 11.8 Å². The molecule has 1 atom stereocenters. The summed E-state index contributed by atoms with van der Waals surface area (Å²) in [6, 6.07) is 5.58. The van der Waals surface area contributed by atoms with E-state index in [2.05, 4.69) is 6.07 Å². The number of nitrogens with zero attached hydrogens (tertiary/aromatic N) is 1.